The highest BCUT2D eigenvalue weighted by Crippen LogP contribution is 2.25. The summed E-state index contributed by atoms with van der Waals surface area (Å²) in [6, 6.07) is 26.5. The van der Waals surface area contributed by atoms with Crippen LogP contribution in [0, 0.1) is 27.7 Å². The Morgan fingerprint density at radius 3 is 2.02 bits per heavy atom. The summed E-state index contributed by atoms with van der Waals surface area (Å²) in [6.07, 6.45) is 1.80. The van der Waals surface area contributed by atoms with Gasteiger partial charge in [-0.15, -0.1) is 0 Å². The van der Waals surface area contributed by atoms with Crippen molar-refractivity contribution in [3.05, 3.63) is 112 Å². The highest BCUT2D eigenvalue weighted by atomic mass is 32.2. The molecule has 41 heavy (non-hydrogen) atoms. The van der Waals surface area contributed by atoms with Crippen molar-refractivity contribution in [3.63, 3.8) is 0 Å². The smallest absolute Gasteiger partial charge is 0.243 e. The summed E-state index contributed by atoms with van der Waals surface area (Å²) in [6.45, 7) is 18.1. The first-order valence-corrected chi connectivity index (χ1v) is 16.5. The van der Waals surface area contributed by atoms with Gasteiger partial charge in [-0.1, -0.05) is 77.9 Å². The number of hydrogen-bond donors (Lipinski definition) is 0. The highest BCUT2D eigenvalue weighted by molar-refractivity contribution is 7.89. The lowest BCUT2D eigenvalue weighted by molar-refractivity contribution is -0.938. The third-order valence-corrected chi connectivity index (χ3v) is 10.6. The topological polar surface area (TPSA) is 37.4 Å². The summed E-state index contributed by atoms with van der Waals surface area (Å²) in [5.74, 6) is 0. The van der Waals surface area contributed by atoms with Gasteiger partial charge in [-0.3, -0.25) is 0 Å². The number of nitrogens with zero attached hydrogens (tertiary/aromatic N) is 2. The fraction of sp³-hybridized carbons (Fsp3) is 0.389. The first-order chi connectivity index (χ1) is 19.5. The van der Waals surface area contributed by atoms with Crippen molar-refractivity contribution in [1.29, 1.82) is 0 Å². The SMILES string of the molecule is CC[N+](CC)(CCCCN(Cc1ccc(C)c(C)c1)S(=O)(=O)c1ccc2ccccc2c1)Cc1cc(C)cc(C)c1. The molecule has 0 heterocycles. The van der Waals surface area contributed by atoms with E-state index in [0.717, 1.165) is 59.8 Å². The number of benzene rings is 4. The lowest BCUT2D eigenvalue weighted by Crippen LogP contribution is -2.47. The number of aryl methyl sites for hydroxylation is 4. The molecule has 0 aliphatic carbocycles. The Balaban J connectivity index is 1.53. The van der Waals surface area contributed by atoms with E-state index in [0.29, 0.717) is 18.0 Å². The molecule has 0 amide bonds. The fourth-order valence-electron chi connectivity index (χ4n) is 5.99. The zero-order valence-corrected chi connectivity index (χ0v) is 26.6. The number of sulfonamides is 1. The van der Waals surface area contributed by atoms with Crippen molar-refractivity contribution in [1.82, 2.24) is 4.31 Å². The van der Waals surface area contributed by atoms with E-state index < -0.39 is 10.0 Å². The predicted octanol–water partition coefficient (Wildman–Crippen LogP) is 8.10. The number of rotatable bonds is 13. The van der Waals surface area contributed by atoms with Gasteiger partial charge < -0.3 is 4.48 Å². The number of hydrogen-bond acceptors (Lipinski definition) is 2. The minimum atomic E-state index is -3.67. The molecule has 0 spiro atoms. The average molecular weight is 572 g/mol. The summed E-state index contributed by atoms with van der Waals surface area (Å²) < 4.78 is 30.8. The van der Waals surface area contributed by atoms with Crippen molar-refractivity contribution in [3.8, 4) is 0 Å². The minimum Gasteiger partial charge on any atom is -0.320 e. The Kier molecular flexibility index (Phi) is 10.1. The highest BCUT2D eigenvalue weighted by Gasteiger charge is 2.27. The third kappa shape index (κ3) is 7.65. The van der Waals surface area contributed by atoms with Crippen LogP contribution in [0.15, 0.2) is 83.8 Å². The van der Waals surface area contributed by atoms with Crippen molar-refractivity contribution in [2.75, 3.05) is 26.2 Å². The maximum absolute atomic E-state index is 14.1. The lowest BCUT2D eigenvalue weighted by Gasteiger charge is -2.37. The van der Waals surface area contributed by atoms with Crippen molar-refractivity contribution in [2.45, 2.75) is 72.4 Å². The lowest BCUT2D eigenvalue weighted by atomic mass is 10.1. The van der Waals surface area contributed by atoms with Crippen molar-refractivity contribution in [2.24, 2.45) is 0 Å². The number of quaternary nitrogens is 1. The van der Waals surface area contributed by atoms with Crippen LogP contribution in [0.1, 0.15) is 60.1 Å². The predicted molar refractivity (Wildman–Crippen MR) is 173 cm³/mol. The van der Waals surface area contributed by atoms with E-state index in [1.165, 1.54) is 27.8 Å². The van der Waals surface area contributed by atoms with Gasteiger partial charge in [0, 0.05) is 18.7 Å². The van der Waals surface area contributed by atoms with Crippen LogP contribution >= 0.6 is 0 Å². The third-order valence-electron chi connectivity index (χ3n) is 8.72. The van der Waals surface area contributed by atoms with Crippen LogP contribution < -0.4 is 0 Å². The van der Waals surface area contributed by atoms with Crippen molar-refractivity contribution >= 4 is 20.8 Å². The summed E-state index contributed by atoms with van der Waals surface area (Å²) >= 11 is 0. The van der Waals surface area contributed by atoms with E-state index in [1.807, 2.05) is 36.4 Å². The normalized spacial score (nSPS) is 12.4. The van der Waals surface area contributed by atoms with Gasteiger partial charge in [0.2, 0.25) is 10.0 Å². The van der Waals surface area contributed by atoms with E-state index in [2.05, 4.69) is 77.9 Å². The van der Waals surface area contributed by atoms with Crippen LogP contribution in [0.3, 0.4) is 0 Å². The molecular formula is C36H47N2O2S+. The Morgan fingerprint density at radius 1 is 0.683 bits per heavy atom. The van der Waals surface area contributed by atoms with Crippen LogP contribution in [0.2, 0.25) is 0 Å². The average Bonchev–Trinajstić information content (AvgIpc) is 2.95. The van der Waals surface area contributed by atoms with Crippen LogP contribution in [0.4, 0.5) is 0 Å². The van der Waals surface area contributed by atoms with Crippen LogP contribution in [-0.4, -0.2) is 43.4 Å². The molecule has 0 saturated heterocycles. The molecule has 0 radical (unpaired) electrons. The molecule has 4 nitrogen and oxygen atoms in total. The summed E-state index contributed by atoms with van der Waals surface area (Å²) in [4.78, 5) is 0.363. The van der Waals surface area contributed by atoms with Gasteiger partial charge in [-0.05, 0) is 94.0 Å². The second-order valence-electron chi connectivity index (χ2n) is 11.8. The van der Waals surface area contributed by atoms with Gasteiger partial charge in [0.05, 0.1) is 24.5 Å². The zero-order chi connectivity index (χ0) is 29.6. The van der Waals surface area contributed by atoms with E-state index in [9.17, 15) is 8.42 Å². The molecule has 0 aromatic heterocycles. The Bertz CT molecular complexity index is 1570. The van der Waals surface area contributed by atoms with Gasteiger partial charge in [0.25, 0.3) is 0 Å². The quantitative estimate of drug-likeness (QED) is 0.120. The monoisotopic (exact) mass is 571 g/mol. The van der Waals surface area contributed by atoms with E-state index in [-0.39, 0.29) is 0 Å². The minimum absolute atomic E-state index is 0.363. The molecule has 5 heteroatoms. The molecule has 0 unspecified atom stereocenters. The van der Waals surface area contributed by atoms with E-state index in [1.54, 1.807) is 10.4 Å². The second-order valence-corrected chi connectivity index (χ2v) is 13.8. The van der Waals surface area contributed by atoms with Crippen molar-refractivity contribution < 1.29 is 12.9 Å². The van der Waals surface area contributed by atoms with Crippen LogP contribution in [0.25, 0.3) is 10.8 Å². The molecular weight excluding hydrogens is 524 g/mol. The summed E-state index contributed by atoms with van der Waals surface area (Å²) in [5.41, 5.74) is 7.44. The molecule has 0 N–H and O–H groups in total. The Labute approximate surface area is 248 Å². The molecule has 4 aromatic carbocycles. The van der Waals surface area contributed by atoms with Gasteiger partial charge in [-0.2, -0.15) is 4.31 Å². The fourth-order valence-corrected chi connectivity index (χ4v) is 7.49. The molecule has 4 rings (SSSR count). The molecule has 0 fully saturated rings. The zero-order valence-electron chi connectivity index (χ0n) is 25.8. The molecule has 0 aliphatic rings. The standard InChI is InChI=1S/C36H47N2O2S/c1-7-38(8-2,27-33-22-28(3)21-29(4)23-33)20-12-11-19-37(26-32-16-15-30(5)31(6)24-32)41(39,40)36-18-17-34-13-9-10-14-35(34)25-36/h9-10,13-18,21-25H,7-8,11-12,19-20,26-27H2,1-6H3/q+1. The van der Waals surface area contributed by atoms with E-state index >= 15 is 0 Å². The van der Waals surface area contributed by atoms with Gasteiger partial charge in [-0.25, -0.2) is 8.42 Å². The second kappa shape index (κ2) is 13.3. The summed E-state index contributed by atoms with van der Waals surface area (Å²) in [7, 11) is -3.67. The maximum atomic E-state index is 14.1. The van der Waals surface area contributed by atoms with Gasteiger partial charge in [0.15, 0.2) is 0 Å². The molecule has 0 bridgehead atoms. The largest absolute Gasteiger partial charge is 0.320 e. The summed E-state index contributed by atoms with van der Waals surface area (Å²) in [5, 5.41) is 1.99. The molecule has 218 valence electrons. The van der Waals surface area contributed by atoms with Crippen LogP contribution in [0.5, 0.6) is 0 Å². The molecule has 0 aliphatic heterocycles. The van der Waals surface area contributed by atoms with Gasteiger partial charge >= 0.3 is 0 Å². The Hall–Kier alpha value is -2.99. The maximum Gasteiger partial charge on any atom is 0.243 e. The first-order valence-electron chi connectivity index (χ1n) is 15.0. The van der Waals surface area contributed by atoms with E-state index in [4.69, 9.17) is 0 Å². The molecule has 0 atom stereocenters. The van der Waals surface area contributed by atoms with Gasteiger partial charge in [0.1, 0.15) is 6.54 Å². The van der Waals surface area contributed by atoms with Crippen LogP contribution in [-0.2, 0) is 23.1 Å². The number of fused-ring (bicyclic) bond motifs is 1. The first kappa shape index (κ1) is 31.0. The Morgan fingerprint density at radius 2 is 1.37 bits per heavy atom. The molecule has 0 saturated carbocycles. The molecule has 4 aromatic rings. The number of unbranched alkanes of at least 4 members (excludes halogenated alkanes) is 1.